The number of rotatable bonds is 4. The van der Waals surface area contributed by atoms with Crippen LogP contribution < -0.4 is 5.32 Å². The highest BCUT2D eigenvalue weighted by Gasteiger charge is 2.44. The van der Waals surface area contributed by atoms with Crippen LogP contribution in [0.15, 0.2) is 30.6 Å². The van der Waals surface area contributed by atoms with E-state index in [-0.39, 0.29) is 11.5 Å². The van der Waals surface area contributed by atoms with Gasteiger partial charge in [0.05, 0.1) is 5.69 Å². The number of aryl methyl sites for hydroxylation is 2. The van der Waals surface area contributed by atoms with Gasteiger partial charge in [0, 0.05) is 25.9 Å². The van der Waals surface area contributed by atoms with Gasteiger partial charge in [-0.1, -0.05) is 6.07 Å². The summed E-state index contributed by atoms with van der Waals surface area (Å²) >= 11 is 0. The van der Waals surface area contributed by atoms with E-state index >= 15 is 0 Å². The van der Waals surface area contributed by atoms with Crippen LogP contribution in [0.4, 0.5) is 23.2 Å². The van der Waals surface area contributed by atoms with Crippen molar-refractivity contribution in [3.8, 4) is 0 Å². The molecule has 8 heteroatoms. The lowest BCUT2D eigenvalue weighted by Gasteiger charge is -2.19. The number of amides is 1. The van der Waals surface area contributed by atoms with Gasteiger partial charge < -0.3 is 9.88 Å². The standard InChI is InChI=1S/C15H15F4N3O/c1-9-3-4-11(16)12(7-9)21-13(23)8-10(15(17,18)19)14-20-5-6-22(14)2/h3-7,10H,8H2,1-2H3,(H,21,23). The number of hydrogen-bond donors (Lipinski definition) is 1. The van der Waals surface area contributed by atoms with Gasteiger partial charge in [-0.3, -0.25) is 4.79 Å². The molecule has 1 aromatic heterocycles. The molecule has 1 unspecified atom stereocenters. The van der Waals surface area contributed by atoms with Crippen LogP contribution in [0.5, 0.6) is 0 Å². The van der Waals surface area contributed by atoms with Crippen molar-refractivity contribution in [1.29, 1.82) is 0 Å². The number of hydrogen-bond acceptors (Lipinski definition) is 2. The van der Waals surface area contributed by atoms with E-state index in [4.69, 9.17) is 0 Å². The van der Waals surface area contributed by atoms with Gasteiger partial charge in [0.1, 0.15) is 17.6 Å². The van der Waals surface area contributed by atoms with Gasteiger partial charge in [-0.15, -0.1) is 0 Å². The van der Waals surface area contributed by atoms with Crippen LogP contribution in [-0.4, -0.2) is 21.6 Å². The highest BCUT2D eigenvalue weighted by atomic mass is 19.4. The summed E-state index contributed by atoms with van der Waals surface area (Å²) in [6.45, 7) is 1.68. The molecule has 0 aliphatic heterocycles. The Morgan fingerprint density at radius 2 is 2.09 bits per heavy atom. The van der Waals surface area contributed by atoms with Crippen LogP contribution in [0.3, 0.4) is 0 Å². The lowest BCUT2D eigenvalue weighted by molar-refractivity contribution is -0.157. The third-order valence-corrected chi connectivity index (χ3v) is 3.35. The minimum Gasteiger partial charge on any atom is -0.337 e. The van der Waals surface area contributed by atoms with Crippen LogP contribution in [-0.2, 0) is 11.8 Å². The summed E-state index contributed by atoms with van der Waals surface area (Å²) in [4.78, 5) is 15.6. The number of nitrogens with zero attached hydrogens (tertiary/aromatic N) is 2. The third kappa shape index (κ3) is 4.08. The van der Waals surface area contributed by atoms with E-state index in [1.54, 1.807) is 6.92 Å². The monoisotopic (exact) mass is 329 g/mol. The van der Waals surface area contributed by atoms with E-state index < -0.39 is 30.2 Å². The average Bonchev–Trinajstić information content (AvgIpc) is 2.85. The number of carbonyl (C=O) groups excluding carboxylic acids is 1. The number of carbonyl (C=O) groups is 1. The lowest BCUT2D eigenvalue weighted by Crippen LogP contribution is -2.28. The molecule has 23 heavy (non-hydrogen) atoms. The Morgan fingerprint density at radius 1 is 1.39 bits per heavy atom. The van der Waals surface area contributed by atoms with Crippen LogP contribution in [0.2, 0.25) is 0 Å². The first kappa shape index (κ1) is 17.0. The van der Waals surface area contributed by atoms with E-state index in [1.165, 1.54) is 36.1 Å². The van der Waals surface area contributed by atoms with Crippen molar-refractivity contribution in [2.24, 2.45) is 7.05 Å². The molecule has 0 fully saturated rings. The maximum atomic E-state index is 13.6. The zero-order chi connectivity index (χ0) is 17.2. The number of imidazole rings is 1. The van der Waals surface area contributed by atoms with Crippen LogP contribution in [0, 0.1) is 12.7 Å². The van der Waals surface area contributed by atoms with Gasteiger partial charge >= 0.3 is 6.18 Å². The SMILES string of the molecule is Cc1ccc(F)c(NC(=O)CC(c2nccn2C)C(F)(F)F)c1. The van der Waals surface area contributed by atoms with E-state index in [2.05, 4.69) is 10.3 Å². The second-order valence-electron chi connectivity index (χ2n) is 5.23. The topological polar surface area (TPSA) is 46.9 Å². The molecular weight excluding hydrogens is 314 g/mol. The number of anilines is 1. The predicted octanol–water partition coefficient (Wildman–Crippen LogP) is 3.54. The Morgan fingerprint density at radius 3 is 2.65 bits per heavy atom. The summed E-state index contributed by atoms with van der Waals surface area (Å²) in [7, 11) is 1.42. The van der Waals surface area contributed by atoms with Gasteiger partial charge in [-0.2, -0.15) is 13.2 Å². The molecule has 2 rings (SSSR count). The second-order valence-corrected chi connectivity index (χ2v) is 5.23. The van der Waals surface area contributed by atoms with Crippen molar-refractivity contribution in [2.45, 2.75) is 25.4 Å². The smallest absolute Gasteiger partial charge is 0.337 e. The molecule has 0 aliphatic carbocycles. The Labute approximate surface area is 130 Å². The molecule has 124 valence electrons. The maximum Gasteiger partial charge on any atom is 0.399 e. The first-order chi connectivity index (χ1) is 10.7. The molecule has 0 saturated heterocycles. The number of alkyl halides is 3. The van der Waals surface area contributed by atoms with Crippen LogP contribution >= 0.6 is 0 Å². The molecule has 4 nitrogen and oxygen atoms in total. The van der Waals surface area contributed by atoms with Gasteiger partial charge in [0.25, 0.3) is 0 Å². The second kappa shape index (κ2) is 6.39. The van der Waals surface area contributed by atoms with Gasteiger partial charge in [0.2, 0.25) is 5.91 Å². The van der Waals surface area contributed by atoms with Crippen molar-refractivity contribution in [3.63, 3.8) is 0 Å². The molecule has 0 bridgehead atoms. The number of nitrogens with one attached hydrogen (secondary N) is 1. The van der Waals surface area contributed by atoms with Crippen molar-refractivity contribution < 1.29 is 22.4 Å². The molecule has 2 aromatic rings. The molecule has 1 atom stereocenters. The minimum absolute atomic E-state index is 0.143. The normalized spacial score (nSPS) is 13.0. The largest absolute Gasteiger partial charge is 0.399 e. The average molecular weight is 329 g/mol. The van der Waals surface area contributed by atoms with Gasteiger partial charge in [-0.25, -0.2) is 9.37 Å². The zero-order valence-corrected chi connectivity index (χ0v) is 12.5. The number of aromatic nitrogens is 2. The predicted molar refractivity (Wildman–Crippen MR) is 76.4 cm³/mol. The Balaban J connectivity index is 2.19. The molecule has 1 aromatic carbocycles. The molecule has 0 spiro atoms. The summed E-state index contributed by atoms with van der Waals surface area (Å²) in [5.74, 6) is -3.96. The van der Waals surface area contributed by atoms with Crippen LogP contribution in [0.25, 0.3) is 0 Å². The van der Waals surface area contributed by atoms with E-state index in [0.29, 0.717) is 5.56 Å². The quantitative estimate of drug-likeness (QED) is 0.872. The summed E-state index contributed by atoms with van der Waals surface area (Å²) in [6.07, 6.45) is -2.91. The fourth-order valence-corrected chi connectivity index (χ4v) is 2.19. The van der Waals surface area contributed by atoms with Crippen molar-refractivity contribution >= 4 is 11.6 Å². The summed E-state index contributed by atoms with van der Waals surface area (Å²) < 4.78 is 54.4. The zero-order valence-electron chi connectivity index (χ0n) is 12.5. The first-order valence-electron chi connectivity index (χ1n) is 6.78. The summed E-state index contributed by atoms with van der Waals surface area (Å²) in [5.41, 5.74) is 0.536. The fourth-order valence-electron chi connectivity index (χ4n) is 2.19. The minimum atomic E-state index is -4.64. The Kier molecular flexibility index (Phi) is 4.72. The number of benzene rings is 1. The van der Waals surface area contributed by atoms with Crippen LogP contribution in [0.1, 0.15) is 23.7 Å². The fraction of sp³-hybridized carbons (Fsp3) is 0.333. The van der Waals surface area contributed by atoms with Crippen molar-refractivity contribution in [3.05, 3.63) is 47.8 Å². The molecule has 1 amide bonds. The summed E-state index contributed by atoms with van der Waals surface area (Å²) in [6, 6.07) is 4.00. The third-order valence-electron chi connectivity index (χ3n) is 3.35. The lowest BCUT2D eigenvalue weighted by atomic mass is 10.0. The van der Waals surface area contributed by atoms with Gasteiger partial charge in [-0.05, 0) is 24.6 Å². The first-order valence-corrected chi connectivity index (χ1v) is 6.78. The van der Waals surface area contributed by atoms with E-state index in [1.807, 2.05) is 0 Å². The van der Waals surface area contributed by atoms with Crippen molar-refractivity contribution in [1.82, 2.24) is 9.55 Å². The van der Waals surface area contributed by atoms with E-state index in [9.17, 15) is 22.4 Å². The Hall–Kier alpha value is -2.38. The highest BCUT2D eigenvalue weighted by Crippen LogP contribution is 2.36. The van der Waals surface area contributed by atoms with Gasteiger partial charge in [0.15, 0.2) is 0 Å². The number of halogens is 4. The molecule has 0 saturated carbocycles. The molecule has 1 heterocycles. The highest BCUT2D eigenvalue weighted by molar-refractivity contribution is 5.91. The molecular formula is C15H15F4N3O. The van der Waals surface area contributed by atoms with E-state index in [0.717, 1.165) is 6.07 Å². The van der Waals surface area contributed by atoms with Crippen molar-refractivity contribution in [2.75, 3.05) is 5.32 Å². The maximum absolute atomic E-state index is 13.6. The summed E-state index contributed by atoms with van der Waals surface area (Å²) in [5, 5.41) is 2.18. The Bertz CT molecular complexity index is 709. The molecule has 0 radical (unpaired) electrons. The molecule has 0 aliphatic rings. The molecule has 1 N–H and O–H groups in total.